The van der Waals surface area contributed by atoms with Crippen LogP contribution in [0.3, 0.4) is 0 Å². The standard InChI is InChI=1S/C20H27N3O4S.C2HF3O2/c1-5-7-10-23(6-2)19-17(20(24)25)12-16(13-21-19)22-28(26,27)18-11-14(3)8-9-15(18)4;3-2(4,5)1(6)7/h8-9,11-13,22H,5-7,10H2,1-4H3,(H,24,25);(H,6,7). The fourth-order valence-electron chi connectivity index (χ4n) is 2.89. The van der Waals surface area contributed by atoms with Gasteiger partial charge in [0.15, 0.2) is 0 Å². The summed E-state index contributed by atoms with van der Waals surface area (Å²) in [6.07, 6.45) is -1.83. The van der Waals surface area contributed by atoms with E-state index in [1.54, 1.807) is 19.1 Å². The molecule has 9 nitrogen and oxygen atoms in total. The molecule has 0 spiro atoms. The maximum Gasteiger partial charge on any atom is 0.490 e. The van der Waals surface area contributed by atoms with Crippen molar-refractivity contribution in [2.75, 3.05) is 22.7 Å². The van der Waals surface area contributed by atoms with Gasteiger partial charge in [0.05, 0.1) is 16.8 Å². The Balaban J connectivity index is 0.000000762. The number of anilines is 2. The van der Waals surface area contributed by atoms with Crippen molar-refractivity contribution in [2.45, 2.75) is 51.6 Å². The minimum atomic E-state index is -5.08. The second-order valence-corrected chi connectivity index (χ2v) is 9.16. The van der Waals surface area contributed by atoms with Crippen molar-refractivity contribution < 1.29 is 41.4 Å². The van der Waals surface area contributed by atoms with Gasteiger partial charge in [0, 0.05) is 13.1 Å². The fourth-order valence-corrected chi connectivity index (χ4v) is 4.26. The summed E-state index contributed by atoms with van der Waals surface area (Å²) < 4.78 is 59.7. The Kier molecular flexibility index (Phi) is 10.5. The van der Waals surface area contributed by atoms with Crippen molar-refractivity contribution in [1.82, 2.24) is 4.98 Å². The van der Waals surface area contributed by atoms with Crippen molar-refractivity contribution in [3.05, 3.63) is 47.2 Å². The molecule has 0 aliphatic heterocycles. The maximum atomic E-state index is 12.8. The van der Waals surface area contributed by atoms with Crippen LogP contribution in [-0.2, 0) is 14.8 Å². The lowest BCUT2D eigenvalue weighted by Crippen LogP contribution is -2.27. The van der Waals surface area contributed by atoms with Crippen molar-refractivity contribution in [2.24, 2.45) is 0 Å². The summed E-state index contributed by atoms with van der Waals surface area (Å²) in [5.74, 6) is -3.56. The van der Waals surface area contributed by atoms with Crippen LogP contribution in [0.15, 0.2) is 35.4 Å². The minimum absolute atomic E-state index is 0.0286. The molecule has 1 aromatic carbocycles. The predicted molar refractivity (Wildman–Crippen MR) is 124 cm³/mol. The highest BCUT2D eigenvalue weighted by Crippen LogP contribution is 2.25. The maximum absolute atomic E-state index is 12.8. The number of aromatic carboxylic acids is 1. The van der Waals surface area contributed by atoms with Crippen LogP contribution in [0.5, 0.6) is 0 Å². The van der Waals surface area contributed by atoms with Crippen LogP contribution in [-0.4, -0.2) is 54.8 Å². The zero-order valence-electron chi connectivity index (χ0n) is 19.7. The van der Waals surface area contributed by atoms with Gasteiger partial charge in [0.25, 0.3) is 10.0 Å². The summed E-state index contributed by atoms with van der Waals surface area (Å²) in [6.45, 7) is 8.82. The average molecular weight is 520 g/mol. The number of carbonyl (C=O) groups is 2. The van der Waals surface area contributed by atoms with Gasteiger partial charge in [-0.15, -0.1) is 0 Å². The van der Waals surface area contributed by atoms with E-state index in [0.717, 1.165) is 18.4 Å². The van der Waals surface area contributed by atoms with Crippen molar-refractivity contribution in [3.8, 4) is 0 Å². The third-order valence-corrected chi connectivity index (χ3v) is 6.21. The lowest BCUT2D eigenvalue weighted by Gasteiger charge is -2.23. The first-order chi connectivity index (χ1) is 16.1. The second-order valence-electron chi connectivity index (χ2n) is 7.51. The van der Waals surface area contributed by atoms with E-state index < -0.39 is 28.1 Å². The number of halogens is 3. The van der Waals surface area contributed by atoms with E-state index in [1.165, 1.54) is 12.3 Å². The quantitative estimate of drug-likeness (QED) is 0.442. The van der Waals surface area contributed by atoms with Crippen LogP contribution in [0.25, 0.3) is 0 Å². The summed E-state index contributed by atoms with van der Waals surface area (Å²) in [6, 6.07) is 6.48. The second kappa shape index (κ2) is 12.4. The molecule has 194 valence electrons. The van der Waals surface area contributed by atoms with Crippen molar-refractivity contribution >= 4 is 33.5 Å². The van der Waals surface area contributed by atoms with Gasteiger partial charge in [-0.1, -0.05) is 25.5 Å². The van der Waals surface area contributed by atoms with Crippen LogP contribution in [0, 0.1) is 13.8 Å². The van der Waals surface area contributed by atoms with E-state index >= 15 is 0 Å². The topological polar surface area (TPSA) is 137 Å². The minimum Gasteiger partial charge on any atom is -0.478 e. The van der Waals surface area contributed by atoms with Gasteiger partial charge in [-0.2, -0.15) is 13.2 Å². The number of hydrogen-bond acceptors (Lipinski definition) is 6. The molecule has 0 saturated heterocycles. The van der Waals surface area contributed by atoms with Gasteiger partial charge in [0.2, 0.25) is 0 Å². The number of unbranched alkanes of at least 4 members (excludes halogenated alkanes) is 1. The van der Waals surface area contributed by atoms with E-state index in [0.29, 0.717) is 24.5 Å². The monoisotopic (exact) mass is 519 g/mol. The molecule has 0 aliphatic carbocycles. The molecule has 13 heteroatoms. The van der Waals surface area contributed by atoms with Crippen LogP contribution < -0.4 is 9.62 Å². The molecule has 2 rings (SSSR count). The van der Waals surface area contributed by atoms with Gasteiger partial charge in [-0.05, 0) is 50.5 Å². The number of hydrogen-bond donors (Lipinski definition) is 3. The molecule has 0 radical (unpaired) electrons. The van der Waals surface area contributed by atoms with Gasteiger partial charge < -0.3 is 15.1 Å². The smallest absolute Gasteiger partial charge is 0.478 e. The molecule has 0 unspecified atom stereocenters. The van der Waals surface area contributed by atoms with Crippen molar-refractivity contribution in [3.63, 3.8) is 0 Å². The fraction of sp³-hybridized carbons (Fsp3) is 0.409. The molecule has 0 atom stereocenters. The Morgan fingerprint density at radius 2 is 1.71 bits per heavy atom. The Bertz CT molecular complexity index is 1150. The highest BCUT2D eigenvalue weighted by Gasteiger charge is 2.38. The zero-order chi connectivity index (χ0) is 27.0. The van der Waals surface area contributed by atoms with Gasteiger partial charge in [-0.25, -0.2) is 23.0 Å². The van der Waals surface area contributed by atoms with E-state index in [2.05, 4.69) is 16.6 Å². The van der Waals surface area contributed by atoms with Gasteiger partial charge in [-0.3, -0.25) is 4.72 Å². The highest BCUT2D eigenvalue weighted by molar-refractivity contribution is 7.92. The Morgan fingerprint density at radius 3 is 2.20 bits per heavy atom. The molecule has 0 aliphatic rings. The first kappa shape index (κ1) is 29.7. The molecular weight excluding hydrogens is 491 g/mol. The summed E-state index contributed by atoms with van der Waals surface area (Å²) in [5, 5.41) is 16.7. The number of carboxylic acid groups (broad SMARTS) is 2. The average Bonchev–Trinajstić information content (AvgIpc) is 2.76. The number of aryl methyl sites for hydroxylation is 2. The number of aromatic nitrogens is 1. The number of nitrogens with one attached hydrogen (secondary N) is 1. The molecule has 2 aromatic rings. The molecule has 3 N–H and O–H groups in total. The van der Waals surface area contributed by atoms with Gasteiger partial charge in [0.1, 0.15) is 11.4 Å². The third kappa shape index (κ3) is 8.74. The zero-order valence-corrected chi connectivity index (χ0v) is 20.5. The molecule has 0 saturated carbocycles. The first-order valence-electron chi connectivity index (χ1n) is 10.5. The van der Waals surface area contributed by atoms with Crippen LogP contribution >= 0.6 is 0 Å². The van der Waals surface area contributed by atoms with Crippen LogP contribution in [0.1, 0.15) is 48.2 Å². The van der Waals surface area contributed by atoms with Crippen LogP contribution in [0.4, 0.5) is 24.7 Å². The number of carboxylic acids is 2. The number of nitrogens with zero attached hydrogens (tertiary/aromatic N) is 2. The van der Waals surface area contributed by atoms with Gasteiger partial charge >= 0.3 is 18.1 Å². The molecule has 1 aromatic heterocycles. The first-order valence-corrected chi connectivity index (χ1v) is 12.0. The number of aliphatic carboxylic acids is 1. The lowest BCUT2D eigenvalue weighted by atomic mass is 10.2. The van der Waals surface area contributed by atoms with E-state index in [9.17, 15) is 31.5 Å². The normalized spacial score (nSPS) is 11.3. The Morgan fingerprint density at radius 1 is 1.11 bits per heavy atom. The molecule has 0 fully saturated rings. The number of sulfonamides is 1. The number of rotatable bonds is 9. The number of alkyl halides is 3. The molecule has 0 bridgehead atoms. The SMILES string of the molecule is CCCCN(CC)c1ncc(NS(=O)(=O)c2cc(C)ccc2C)cc1C(=O)O.O=C(O)C(F)(F)F. The number of benzene rings is 1. The lowest BCUT2D eigenvalue weighted by molar-refractivity contribution is -0.192. The van der Waals surface area contributed by atoms with Crippen LogP contribution in [0.2, 0.25) is 0 Å². The third-order valence-electron chi connectivity index (χ3n) is 4.69. The molecule has 1 heterocycles. The van der Waals surface area contributed by atoms with Crippen molar-refractivity contribution in [1.29, 1.82) is 0 Å². The van der Waals surface area contributed by atoms with E-state index in [1.807, 2.05) is 24.8 Å². The molecule has 0 amide bonds. The summed E-state index contributed by atoms with van der Waals surface area (Å²) in [4.78, 5) is 27.0. The largest absolute Gasteiger partial charge is 0.490 e. The Hall–Kier alpha value is -3.35. The summed E-state index contributed by atoms with van der Waals surface area (Å²) in [5.41, 5.74) is 1.52. The molecule has 35 heavy (non-hydrogen) atoms. The molecular formula is C22H28F3N3O6S. The summed E-state index contributed by atoms with van der Waals surface area (Å²) >= 11 is 0. The van der Waals surface area contributed by atoms with E-state index in [-0.39, 0.29) is 16.1 Å². The predicted octanol–water partition coefficient (Wildman–Crippen LogP) is 4.46. The number of pyridine rings is 1. The van der Waals surface area contributed by atoms with E-state index in [4.69, 9.17) is 9.90 Å². The summed E-state index contributed by atoms with van der Waals surface area (Å²) in [7, 11) is -3.86. The highest BCUT2D eigenvalue weighted by atomic mass is 32.2. The Labute approximate surface area is 201 Å².